The van der Waals surface area contributed by atoms with Gasteiger partial charge in [0.15, 0.2) is 5.13 Å². The van der Waals surface area contributed by atoms with Gasteiger partial charge in [-0.2, -0.15) is 0 Å². The number of amides is 1. The third kappa shape index (κ3) is 5.62. The van der Waals surface area contributed by atoms with E-state index < -0.39 is 0 Å². The van der Waals surface area contributed by atoms with Crippen molar-refractivity contribution in [3.05, 3.63) is 53.6 Å². The number of hydrogen-bond donors (Lipinski definition) is 1. The largest absolute Gasteiger partial charge is 0.493 e. The van der Waals surface area contributed by atoms with Crippen molar-refractivity contribution >= 4 is 44.2 Å². The minimum atomic E-state index is 0.0257. The second kappa shape index (κ2) is 10.1. The molecule has 4 rings (SSSR count). The summed E-state index contributed by atoms with van der Waals surface area (Å²) in [6.45, 7) is 5.70. The number of carbonyl (C=O) groups is 1. The van der Waals surface area contributed by atoms with Crippen LogP contribution in [0.1, 0.15) is 6.42 Å². The molecule has 1 amide bonds. The van der Waals surface area contributed by atoms with E-state index >= 15 is 0 Å². The molecule has 3 aromatic rings. The molecular weight excluding hydrogens is 420 g/mol. The van der Waals surface area contributed by atoms with E-state index in [1.54, 1.807) is 11.3 Å². The maximum Gasteiger partial charge on any atom is 0.223 e. The van der Waals surface area contributed by atoms with Crippen molar-refractivity contribution in [1.29, 1.82) is 0 Å². The number of rotatable bonds is 8. The summed E-state index contributed by atoms with van der Waals surface area (Å²) in [6.07, 6.45) is 0.365. The molecule has 0 aliphatic carbocycles. The van der Waals surface area contributed by atoms with Crippen LogP contribution in [0.5, 0.6) is 5.75 Å². The molecule has 6 nitrogen and oxygen atoms in total. The number of thiazole rings is 1. The lowest BCUT2D eigenvalue weighted by molar-refractivity contribution is -0.121. The molecule has 0 spiro atoms. The topological polar surface area (TPSA) is 57.7 Å². The van der Waals surface area contributed by atoms with Crippen LogP contribution in [0.4, 0.5) is 5.13 Å². The Bertz CT molecular complexity index is 974. The van der Waals surface area contributed by atoms with Crippen molar-refractivity contribution in [3.8, 4) is 5.75 Å². The van der Waals surface area contributed by atoms with Gasteiger partial charge in [-0.25, -0.2) is 4.98 Å². The van der Waals surface area contributed by atoms with Crippen molar-refractivity contribution in [1.82, 2.24) is 15.2 Å². The fraction of sp³-hybridized carbons (Fsp3) is 0.364. The molecule has 0 atom stereocenters. The molecule has 2 heterocycles. The third-order valence-corrected chi connectivity index (χ3v) is 6.39. The molecule has 158 valence electrons. The first-order valence-corrected chi connectivity index (χ1v) is 11.3. The van der Waals surface area contributed by atoms with Crippen LogP contribution < -0.4 is 15.0 Å². The van der Waals surface area contributed by atoms with Crippen LogP contribution in [0, 0.1) is 0 Å². The highest BCUT2D eigenvalue weighted by atomic mass is 35.5. The summed E-state index contributed by atoms with van der Waals surface area (Å²) in [4.78, 5) is 21.4. The summed E-state index contributed by atoms with van der Waals surface area (Å²) in [5.41, 5.74) is 1.00. The number of piperazine rings is 1. The molecular formula is C22H25ClN4O2S. The molecule has 1 aliphatic rings. The Morgan fingerprint density at radius 1 is 1.13 bits per heavy atom. The summed E-state index contributed by atoms with van der Waals surface area (Å²) in [7, 11) is 0. The fourth-order valence-corrected chi connectivity index (χ4v) is 4.70. The van der Waals surface area contributed by atoms with E-state index in [9.17, 15) is 4.79 Å². The molecule has 8 heteroatoms. The van der Waals surface area contributed by atoms with Gasteiger partial charge in [0.05, 0.1) is 23.2 Å². The van der Waals surface area contributed by atoms with Gasteiger partial charge in [0.1, 0.15) is 5.75 Å². The van der Waals surface area contributed by atoms with Gasteiger partial charge in [0, 0.05) is 44.3 Å². The Morgan fingerprint density at radius 3 is 2.73 bits per heavy atom. The van der Waals surface area contributed by atoms with Crippen molar-refractivity contribution < 1.29 is 9.53 Å². The summed E-state index contributed by atoms with van der Waals surface area (Å²) in [6, 6.07) is 15.4. The van der Waals surface area contributed by atoms with Gasteiger partial charge < -0.3 is 15.0 Å². The third-order valence-electron chi connectivity index (χ3n) is 5.07. The SMILES string of the molecule is O=C(CCOc1ccccc1)NCCN1CCN(c2nc3ccc(Cl)cc3s2)CC1. The van der Waals surface area contributed by atoms with Gasteiger partial charge in [0.25, 0.3) is 0 Å². The van der Waals surface area contributed by atoms with E-state index in [0.29, 0.717) is 19.6 Å². The second-order valence-electron chi connectivity index (χ2n) is 7.20. The van der Waals surface area contributed by atoms with Gasteiger partial charge in [-0.3, -0.25) is 9.69 Å². The fourth-order valence-electron chi connectivity index (χ4n) is 3.40. The Morgan fingerprint density at radius 2 is 1.93 bits per heavy atom. The van der Waals surface area contributed by atoms with Crippen LogP contribution in [0.15, 0.2) is 48.5 Å². The van der Waals surface area contributed by atoms with E-state index in [1.165, 1.54) is 0 Å². The average molecular weight is 445 g/mol. The number of ether oxygens (including phenoxy) is 1. The number of carbonyl (C=O) groups excluding carboxylic acids is 1. The van der Waals surface area contributed by atoms with Crippen molar-refractivity contribution in [3.63, 3.8) is 0 Å². The Balaban J connectivity index is 1.14. The normalized spacial score (nSPS) is 14.8. The van der Waals surface area contributed by atoms with Gasteiger partial charge in [-0.05, 0) is 30.3 Å². The maximum absolute atomic E-state index is 12.0. The molecule has 1 N–H and O–H groups in total. The number of para-hydroxylation sites is 1. The van der Waals surface area contributed by atoms with Crippen LogP contribution in [0.2, 0.25) is 5.02 Å². The highest BCUT2D eigenvalue weighted by Gasteiger charge is 2.19. The van der Waals surface area contributed by atoms with E-state index in [0.717, 1.165) is 58.8 Å². The molecule has 0 radical (unpaired) electrons. The second-order valence-corrected chi connectivity index (χ2v) is 8.64. The number of anilines is 1. The monoisotopic (exact) mass is 444 g/mol. The minimum Gasteiger partial charge on any atom is -0.493 e. The molecule has 1 aromatic heterocycles. The molecule has 1 aliphatic heterocycles. The predicted molar refractivity (Wildman–Crippen MR) is 123 cm³/mol. The standard InChI is InChI=1S/C22H25ClN4O2S/c23-17-6-7-19-20(16-17)30-22(25-19)27-13-11-26(12-14-27)10-9-24-21(28)8-15-29-18-4-2-1-3-5-18/h1-7,16H,8-15H2,(H,24,28). The summed E-state index contributed by atoms with van der Waals surface area (Å²) in [5.74, 6) is 0.817. The molecule has 1 saturated heterocycles. The first-order valence-electron chi connectivity index (χ1n) is 10.2. The Hall–Kier alpha value is -2.35. The number of nitrogens with one attached hydrogen (secondary N) is 1. The van der Waals surface area contributed by atoms with Gasteiger partial charge in [-0.1, -0.05) is 41.1 Å². The van der Waals surface area contributed by atoms with E-state index in [2.05, 4.69) is 15.1 Å². The van der Waals surface area contributed by atoms with Gasteiger partial charge in [0.2, 0.25) is 5.91 Å². The van der Waals surface area contributed by atoms with Crippen LogP contribution in [-0.4, -0.2) is 61.7 Å². The number of nitrogens with zero attached hydrogens (tertiary/aromatic N) is 3. The van der Waals surface area contributed by atoms with E-state index in [-0.39, 0.29) is 5.91 Å². The number of aromatic nitrogens is 1. The molecule has 1 fully saturated rings. The average Bonchev–Trinajstić information content (AvgIpc) is 3.18. The lowest BCUT2D eigenvalue weighted by Crippen LogP contribution is -2.48. The number of hydrogen-bond acceptors (Lipinski definition) is 6. The van der Waals surface area contributed by atoms with Crippen LogP contribution >= 0.6 is 22.9 Å². The van der Waals surface area contributed by atoms with Crippen molar-refractivity contribution in [2.24, 2.45) is 0 Å². The van der Waals surface area contributed by atoms with E-state index in [1.807, 2.05) is 48.5 Å². The molecule has 0 bridgehead atoms. The van der Waals surface area contributed by atoms with Crippen molar-refractivity contribution in [2.45, 2.75) is 6.42 Å². The zero-order valence-corrected chi connectivity index (χ0v) is 18.3. The van der Waals surface area contributed by atoms with Crippen LogP contribution in [0.3, 0.4) is 0 Å². The lowest BCUT2D eigenvalue weighted by atomic mass is 10.3. The van der Waals surface area contributed by atoms with E-state index in [4.69, 9.17) is 21.3 Å². The number of halogens is 1. The maximum atomic E-state index is 12.0. The first kappa shape index (κ1) is 20.9. The molecule has 2 aromatic carbocycles. The molecule has 30 heavy (non-hydrogen) atoms. The van der Waals surface area contributed by atoms with Gasteiger partial charge in [-0.15, -0.1) is 0 Å². The van der Waals surface area contributed by atoms with Gasteiger partial charge >= 0.3 is 0 Å². The highest BCUT2D eigenvalue weighted by Crippen LogP contribution is 2.31. The molecule has 0 saturated carbocycles. The zero-order valence-electron chi connectivity index (χ0n) is 16.7. The number of benzene rings is 2. The Labute approximate surface area is 185 Å². The zero-order chi connectivity index (χ0) is 20.8. The number of fused-ring (bicyclic) bond motifs is 1. The van der Waals surface area contributed by atoms with Crippen molar-refractivity contribution in [2.75, 3.05) is 50.8 Å². The summed E-state index contributed by atoms with van der Waals surface area (Å²) in [5, 5.41) is 4.79. The quantitative estimate of drug-likeness (QED) is 0.574. The van der Waals surface area contributed by atoms with Crippen LogP contribution in [0.25, 0.3) is 10.2 Å². The molecule has 0 unspecified atom stereocenters. The summed E-state index contributed by atoms with van der Waals surface area (Å²) >= 11 is 7.77. The minimum absolute atomic E-state index is 0.0257. The summed E-state index contributed by atoms with van der Waals surface area (Å²) < 4.78 is 6.69. The Kier molecular flexibility index (Phi) is 7.04. The van der Waals surface area contributed by atoms with Crippen LogP contribution in [-0.2, 0) is 4.79 Å². The smallest absolute Gasteiger partial charge is 0.223 e. The lowest BCUT2D eigenvalue weighted by Gasteiger charge is -2.34. The highest BCUT2D eigenvalue weighted by molar-refractivity contribution is 7.22. The first-order chi connectivity index (χ1) is 14.7. The predicted octanol–water partition coefficient (Wildman–Crippen LogP) is 3.66.